The zero-order valence-corrected chi connectivity index (χ0v) is 3.95. The van der Waals surface area contributed by atoms with Crippen molar-refractivity contribution in [1.29, 1.82) is 0 Å². The van der Waals surface area contributed by atoms with Gasteiger partial charge in [0, 0.05) is 17.1 Å². The molecule has 4 heteroatoms. The quantitative estimate of drug-likeness (QED) is 0.492. The van der Waals surface area contributed by atoms with E-state index in [1.807, 2.05) is 0 Å². The van der Waals surface area contributed by atoms with Gasteiger partial charge in [0.25, 0.3) is 0 Å². The fourth-order valence-electron chi connectivity index (χ4n) is 0. The molecule has 3 N–H and O–H groups in total. The molecule has 0 amide bonds. The van der Waals surface area contributed by atoms with Gasteiger partial charge in [-0.2, -0.15) is 0 Å². The van der Waals surface area contributed by atoms with E-state index < -0.39 is 0 Å². The standard InChI is InChI=1S/Co.Fe.H3N.O/h;;1H3;. The second-order valence-electron chi connectivity index (χ2n) is 0. The molecule has 0 aromatic carbocycles. The Morgan fingerprint density at radius 1 is 1.25 bits per heavy atom. The van der Waals surface area contributed by atoms with E-state index in [-0.39, 0.29) is 23.2 Å². The van der Waals surface area contributed by atoms with Crippen LogP contribution in [0.1, 0.15) is 0 Å². The third-order valence-corrected chi connectivity index (χ3v) is 0. The summed E-state index contributed by atoms with van der Waals surface area (Å²) in [6.07, 6.45) is 0. The summed E-state index contributed by atoms with van der Waals surface area (Å²) < 4.78 is 7.94. The van der Waals surface area contributed by atoms with Crippen molar-refractivity contribution in [1.82, 2.24) is 6.15 Å². The summed E-state index contributed by atoms with van der Waals surface area (Å²) in [5.41, 5.74) is 0. The average Bonchev–Trinajstić information content (AvgIpc) is 1.00. The molecule has 0 rings (SSSR count). The molecule has 0 heterocycles. The zero-order chi connectivity index (χ0) is 2.00. The molecule has 2 nitrogen and oxygen atoms in total. The van der Waals surface area contributed by atoms with Crippen molar-refractivity contribution >= 4 is 0 Å². The van der Waals surface area contributed by atoms with Gasteiger partial charge in [-0.1, -0.05) is 0 Å². The van der Waals surface area contributed by atoms with Gasteiger partial charge in [0.05, 0.1) is 0 Å². The summed E-state index contributed by atoms with van der Waals surface area (Å²) in [7, 11) is 0. The van der Waals surface area contributed by atoms with Crippen LogP contribution < -0.4 is 6.15 Å². The predicted octanol–water partition coefficient (Wildman–Crippen LogP) is 0.0382. The first-order chi connectivity index (χ1) is 1.00. The number of rotatable bonds is 0. The molecule has 31 valence electrons. The van der Waals surface area contributed by atoms with Crippen molar-refractivity contribution in [2.24, 2.45) is 0 Å². The van der Waals surface area contributed by atoms with Crippen LogP contribution in [0.15, 0.2) is 0 Å². The Hall–Kier alpha value is 0.786. The van der Waals surface area contributed by atoms with E-state index in [4.69, 9.17) is 3.87 Å². The van der Waals surface area contributed by atoms with E-state index in [0.29, 0.717) is 0 Å². The summed E-state index contributed by atoms with van der Waals surface area (Å²) in [6, 6.07) is 0. The predicted molar refractivity (Wildman–Crippen MR) is 5.71 cm³/mol. The minimum absolute atomic E-state index is 0. The monoisotopic (exact) mass is 148 g/mol. The van der Waals surface area contributed by atoms with Crippen LogP contribution in [0.5, 0.6) is 0 Å². The Kier molecular flexibility index (Phi) is 256. The molecule has 0 fully saturated rings. The van der Waals surface area contributed by atoms with E-state index in [0.717, 1.165) is 0 Å². The molecule has 4 heavy (non-hydrogen) atoms. The van der Waals surface area contributed by atoms with Gasteiger partial charge in [0.15, 0.2) is 0 Å². The van der Waals surface area contributed by atoms with Crippen molar-refractivity contribution in [2.75, 3.05) is 0 Å². The number of hydrogen-bond donors (Lipinski definition) is 1. The van der Waals surface area contributed by atoms with E-state index in [1.165, 1.54) is 0 Å². The Bertz CT molecular complexity index is 8.00. The topological polar surface area (TPSA) is 52.1 Å². The molecule has 0 radical (unpaired) electrons. The van der Waals surface area contributed by atoms with Crippen molar-refractivity contribution in [3.63, 3.8) is 0 Å². The zero-order valence-electron chi connectivity index (χ0n) is 1.80. The molecule has 0 aromatic heterocycles. The second kappa shape index (κ2) is 47.6. The van der Waals surface area contributed by atoms with Gasteiger partial charge in [0.1, 0.15) is 0 Å². The van der Waals surface area contributed by atoms with Gasteiger partial charge in [-0.05, 0) is 0 Å². The van der Waals surface area contributed by atoms with Crippen LogP contribution in [0.25, 0.3) is 0 Å². The van der Waals surface area contributed by atoms with Crippen LogP contribution in [0.4, 0.5) is 0 Å². The van der Waals surface area contributed by atoms with Crippen LogP contribution in [0.2, 0.25) is 0 Å². The molecule has 0 aliphatic carbocycles. The first kappa shape index (κ1) is 21.5. The fourth-order valence-corrected chi connectivity index (χ4v) is 0. The van der Waals surface area contributed by atoms with Gasteiger partial charge >= 0.3 is 19.5 Å². The van der Waals surface area contributed by atoms with Gasteiger partial charge in [-0.25, -0.2) is 0 Å². The number of hydrogen-bond acceptors (Lipinski definition) is 2. The SMILES string of the molecule is N.[Fe].[O]=[Co]. The van der Waals surface area contributed by atoms with Gasteiger partial charge in [-0.15, -0.1) is 0 Å². The van der Waals surface area contributed by atoms with Crippen molar-refractivity contribution in [3.8, 4) is 0 Å². The fraction of sp³-hybridized carbons (Fsp3) is 0. The first-order valence-corrected chi connectivity index (χ1v) is 0.561. The van der Waals surface area contributed by atoms with Crippen molar-refractivity contribution in [3.05, 3.63) is 0 Å². The molecule has 0 aliphatic rings. The maximum atomic E-state index is 7.94. The maximum absolute atomic E-state index is 7.94. The molecule has 0 spiro atoms. The van der Waals surface area contributed by atoms with E-state index in [2.05, 4.69) is 15.7 Å². The van der Waals surface area contributed by atoms with E-state index >= 15 is 0 Å². The van der Waals surface area contributed by atoms with Gasteiger partial charge < -0.3 is 6.15 Å². The van der Waals surface area contributed by atoms with Crippen LogP contribution in [0.3, 0.4) is 0 Å². The Morgan fingerprint density at radius 3 is 1.25 bits per heavy atom. The summed E-state index contributed by atoms with van der Waals surface area (Å²) in [6.45, 7) is 0. The summed E-state index contributed by atoms with van der Waals surface area (Å²) in [5, 5.41) is 0. The Morgan fingerprint density at radius 2 is 1.25 bits per heavy atom. The van der Waals surface area contributed by atoms with E-state index in [1.54, 1.807) is 0 Å². The van der Waals surface area contributed by atoms with Crippen molar-refractivity contribution < 1.29 is 36.6 Å². The van der Waals surface area contributed by atoms with Gasteiger partial charge in [-0.3, -0.25) is 0 Å². The third-order valence-electron chi connectivity index (χ3n) is 0. The summed E-state index contributed by atoms with van der Waals surface area (Å²) in [4.78, 5) is 0. The second-order valence-corrected chi connectivity index (χ2v) is 0. The van der Waals surface area contributed by atoms with E-state index in [9.17, 15) is 0 Å². The molecule has 0 saturated heterocycles. The average molecular weight is 148 g/mol. The summed E-state index contributed by atoms with van der Waals surface area (Å²) >= 11 is 2.31. The molecule has 0 aromatic rings. The molecular weight excluding hydrogens is 145 g/mol. The van der Waals surface area contributed by atoms with Crippen LogP contribution in [-0.4, -0.2) is 0 Å². The Labute approximate surface area is 43.2 Å². The minimum atomic E-state index is 0. The molecule has 0 bridgehead atoms. The van der Waals surface area contributed by atoms with Crippen molar-refractivity contribution in [2.45, 2.75) is 0 Å². The molecule has 0 atom stereocenters. The summed E-state index contributed by atoms with van der Waals surface area (Å²) in [5.74, 6) is 0. The molecule has 0 aliphatic heterocycles. The first-order valence-electron chi connectivity index (χ1n) is 0.136. The van der Waals surface area contributed by atoms with Gasteiger partial charge in [0.2, 0.25) is 0 Å². The molecule has 0 unspecified atom stereocenters. The van der Waals surface area contributed by atoms with Crippen LogP contribution in [-0.2, 0) is 36.6 Å². The third kappa shape index (κ3) is 14.4. The normalized spacial score (nSPS) is 1.25. The van der Waals surface area contributed by atoms with Crippen LogP contribution >= 0.6 is 0 Å². The van der Waals surface area contributed by atoms with Crippen LogP contribution in [0, 0.1) is 0 Å². The Balaban J connectivity index is -0.00000000500. The molecular formula is H3CoFeNO. The molecule has 0 saturated carbocycles.